The number of aliphatic hydroxyl groups is 13. The van der Waals surface area contributed by atoms with Gasteiger partial charge in [0.2, 0.25) is 11.8 Å². The van der Waals surface area contributed by atoms with E-state index in [-0.39, 0.29) is 0 Å². The molecule has 330 valence electrons. The first-order valence-corrected chi connectivity index (χ1v) is 17.7. The highest BCUT2D eigenvalue weighted by atomic mass is 16.8. The fraction of sp³-hybridized carbons (Fsp3) is 0.903. The summed E-state index contributed by atoms with van der Waals surface area (Å²) in [6.07, 6.45) is -35.3. The second-order valence-corrected chi connectivity index (χ2v) is 14.1. The zero-order valence-corrected chi connectivity index (χ0v) is 30.4. The third kappa shape index (κ3) is 10.3. The van der Waals surface area contributed by atoms with E-state index in [1.54, 1.807) is 0 Å². The van der Waals surface area contributed by atoms with Crippen LogP contribution in [0.25, 0.3) is 0 Å². The predicted molar refractivity (Wildman–Crippen MR) is 174 cm³/mol. The molecule has 0 bridgehead atoms. The Hall–Kier alpha value is -2.39. The van der Waals surface area contributed by atoms with Crippen LogP contribution in [0.2, 0.25) is 0 Å². The van der Waals surface area contributed by atoms with Gasteiger partial charge in [0.25, 0.3) is 5.79 Å². The topological polar surface area (TPSA) is 423 Å². The molecule has 4 aliphatic heterocycles. The van der Waals surface area contributed by atoms with Gasteiger partial charge in [0.1, 0.15) is 92.0 Å². The standard InChI is InChI=1S/C31H52N2O24/c1-8-17(41)21(45)23(47)28(52-8)56-26-22(46)19(43)13(54-29(26)55-24-16(32-9(2)37)27(48)53-12(5-35)20(24)44)7-51-31(30(49)50)3-10(38)15(33-14(40)6-36)25(57-31)18(42)11(39)4-34/h8,10-13,15-29,34-36,38-39,41-48H,3-7H2,1-2H3,(H,32,37)(H,33,40)(H,49,50)/t8-,10-,11+,12+,13+,15+,16+,17+,18+,19-,20-,21+,22-,23-,24+,25+,26+,27?,28-,29?,31?/m0/s1. The third-order valence-electron chi connectivity index (χ3n) is 10.0. The molecule has 4 aliphatic rings. The minimum absolute atomic E-state index is 0.771. The Bertz CT molecular complexity index is 1350. The van der Waals surface area contributed by atoms with Gasteiger partial charge in [-0.15, -0.1) is 0 Å². The highest BCUT2D eigenvalue weighted by Crippen LogP contribution is 2.37. The average Bonchev–Trinajstić information content (AvgIpc) is 3.17. The molecule has 4 heterocycles. The van der Waals surface area contributed by atoms with E-state index < -0.39 is 179 Å². The van der Waals surface area contributed by atoms with Gasteiger partial charge in [0.05, 0.1) is 38.1 Å². The number of nitrogens with one attached hydrogen (secondary N) is 2. The number of carbonyl (C=O) groups is 3. The third-order valence-corrected chi connectivity index (χ3v) is 10.0. The van der Waals surface area contributed by atoms with E-state index in [4.69, 9.17) is 33.2 Å². The number of hydrogen-bond acceptors (Lipinski definition) is 23. The quantitative estimate of drug-likeness (QED) is 0.0728. The van der Waals surface area contributed by atoms with Crippen LogP contribution >= 0.6 is 0 Å². The smallest absolute Gasteiger partial charge is 0.364 e. The summed E-state index contributed by atoms with van der Waals surface area (Å²) in [4.78, 5) is 36.8. The van der Waals surface area contributed by atoms with Gasteiger partial charge in [-0.05, 0) is 6.92 Å². The number of ether oxygens (including phenoxy) is 7. The van der Waals surface area contributed by atoms with Crippen LogP contribution in [0.4, 0.5) is 0 Å². The first-order valence-electron chi connectivity index (χ1n) is 17.7. The monoisotopic (exact) mass is 836 g/mol. The van der Waals surface area contributed by atoms with Crippen molar-refractivity contribution in [2.45, 2.75) is 149 Å². The highest BCUT2D eigenvalue weighted by Gasteiger charge is 2.58. The molecule has 16 N–H and O–H groups in total. The van der Waals surface area contributed by atoms with E-state index in [0.29, 0.717) is 0 Å². The SMILES string of the molecule is CC(=O)N[C@H]1C(O)O[C@H](CO)[C@H](O)[C@@H]1OC1O[C@H](COC2(C(=O)O)C[C@H](O)[C@@H](NC(=O)CO)[C@H]([C@H](O)[C@H](O)CO)O2)[C@H](O)[C@H](O)[C@H]1O[C@@H]1O[C@@H](C)[C@@H](O)[C@@H](O)[C@@H]1O. The molecule has 0 radical (unpaired) electrons. The van der Waals surface area contributed by atoms with Crippen molar-refractivity contribution in [3.05, 3.63) is 0 Å². The molecule has 4 fully saturated rings. The molecule has 0 aromatic carbocycles. The van der Waals surface area contributed by atoms with Crippen LogP contribution in [0.3, 0.4) is 0 Å². The lowest BCUT2D eigenvalue weighted by molar-refractivity contribution is -0.385. The largest absolute Gasteiger partial charge is 0.477 e. The molecule has 3 unspecified atom stereocenters. The summed E-state index contributed by atoms with van der Waals surface area (Å²) in [5.41, 5.74) is 0. The Morgan fingerprint density at radius 2 is 1.42 bits per heavy atom. The van der Waals surface area contributed by atoms with Gasteiger partial charge < -0.3 is 115 Å². The molecule has 4 saturated heterocycles. The summed E-state index contributed by atoms with van der Waals surface area (Å²) in [6, 6.07) is -3.33. The molecule has 21 atom stereocenters. The van der Waals surface area contributed by atoms with Crippen LogP contribution in [-0.2, 0) is 47.5 Å². The Kier molecular flexibility index (Phi) is 16.4. The van der Waals surface area contributed by atoms with Crippen molar-refractivity contribution in [2.24, 2.45) is 0 Å². The summed E-state index contributed by atoms with van der Waals surface area (Å²) < 4.78 is 39.2. The van der Waals surface area contributed by atoms with E-state index in [0.717, 1.165) is 6.92 Å². The number of hydrogen-bond donors (Lipinski definition) is 16. The van der Waals surface area contributed by atoms with Crippen LogP contribution in [0.5, 0.6) is 0 Å². The van der Waals surface area contributed by atoms with Gasteiger partial charge in [-0.25, -0.2) is 4.79 Å². The molecular formula is C31H52N2O24. The lowest BCUT2D eigenvalue weighted by Crippen LogP contribution is -2.69. The number of carbonyl (C=O) groups excluding carboxylic acids is 2. The number of rotatable bonds is 15. The highest BCUT2D eigenvalue weighted by molar-refractivity contribution is 5.78. The maximum Gasteiger partial charge on any atom is 0.364 e. The Morgan fingerprint density at radius 1 is 0.772 bits per heavy atom. The zero-order valence-electron chi connectivity index (χ0n) is 30.4. The lowest BCUT2D eigenvalue weighted by atomic mass is 9.88. The van der Waals surface area contributed by atoms with E-state index in [2.05, 4.69) is 10.6 Å². The fourth-order valence-electron chi connectivity index (χ4n) is 6.86. The second-order valence-electron chi connectivity index (χ2n) is 14.1. The van der Waals surface area contributed by atoms with Crippen molar-refractivity contribution in [3.63, 3.8) is 0 Å². The van der Waals surface area contributed by atoms with Crippen molar-refractivity contribution in [3.8, 4) is 0 Å². The van der Waals surface area contributed by atoms with Crippen LogP contribution in [-0.4, -0.2) is 244 Å². The number of aliphatic hydroxyl groups excluding tert-OH is 13. The van der Waals surface area contributed by atoms with Crippen LogP contribution in [0.15, 0.2) is 0 Å². The molecule has 26 heteroatoms. The van der Waals surface area contributed by atoms with Crippen LogP contribution in [0.1, 0.15) is 20.3 Å². The molecule has 4 rings (SSSR count). The van der Waals surface area contributed by atoms with Crippen LogP contribution < -0.4 is 10.6 Å². The molecule has 57 heavy (non-hydrogen) atoms. The van der Waals surface area contributed by atoms with E-state index in [1.165, 1.54) is 6.92 Å². The molecular weight excluding hydrogens is 784 g/mol. The number of carboxylic acid groups (broad SMARTS) is 1. The number of amides is 2. The Morgan fingerprint density at radius 3 is 2.00 bits per heavy atom. The van der Waals surface area contributed by atoms with Gasteiger partial charge in [-0.2, -0.15) is 0 Å². The van der Waals surface area contributed by atoms with Crippen molar-refractivity contribution >= 4 is 17.8 Å². The van der Waals surface area contributed by atoms with Gasteiger partial charge in [0.15, 0.2) is 18.9 Å². The molecule has 0 aromatic rings. The number of aliphatic carboxylic acids is 1. The van der Waals surface area contributed by atoms with E-state index in [9.17, 15) is 85.9 Å². The van der Waals surface area contributed by atoms with Gasteiger partial charge in [-0.1, -0.05) is 0 Å². The molecule has 0 saturated carbocycles. The summed E-state index contributed by atoms with van der Waals surface area (Å²) in [5.74, 6) is -6.86. The first kappa shape index (κ1) is 47.3. The van der Waals surface area contributed by atoms with Crippen molar-refractivity contribution in [1.29, 1.82) is 0 Å². The Balaban J connectivity index is 1.68. The second kappa shape index (κ2) is 19.8. The summed E-state index contributed by atoms with van der Waals surface area (Å²) in [7, 11) is 0. The summed E-state index contributed by atoms with van der Waals surface area (Å²) >= 11 is 0. The lowest BCUT2D eigenvalue weighted by Gasteiger charge is -2.49. The average molecular weight is 837 g/mol. The van der Waals surface area contributed by atoms with E-state index >= 15 is 0 Å². The van der Waals surface area contributed by atoms with Crippen molar-refractivity contribution < 1.29 is 119 Å². The minimum atomic E-state index is -3.00. The predicted octanol–water partition coefficient (Wildman–Crippen LogP) is -10.3. The molecule has 0 aliphatic carbocycles. The normalized spacial score (nSPS) is 45.1. The van der Waals surface area contributed by atoms with Crippen LogP contribution in [0, 0.1) is 0 Å². The molecule has 2 amide bonds. The Labute approximate surface area is 322 Å². The zero-order chi connectivity index (χ0) is 42.7. The molecule has 0 spiro atoms. The molecule has 0 aromatic heterocycles. The van der Waals surface area contributed by atoms with Crippen molar-refractivity contribution in [1.82, 2.24) is 10.6 Å². The molecule has 26 nitrogen and oxygen atoms in total. The van der Waals surface area contributed by atoms with Gasteiger partial charge >= 0.3 is 5.97 Å². The minimum Gasteiger partial charge on any atom is -0.477 e. The fourth-order valence-corrected chi connectivity index (χ4v) is 6.86. The van der Waals surface area contributed by atoms with Gasteiger partial charge in [-0.3, -0.25) is 9.59 Å². The van der Waals surface area contributed by atoms with Crippen molar-refractivity contribution in [2.75, 3.05) is 26.4 Å². The first-order chi connectivity index (χ1) is 26.7. The summed E-state index contributed by atoms with van der Waals surface area (Å²) in [5, 5.41) is 150. The number of carboxylic acids is 1. The van der Waals surface area contributed by atoms with Gasteiger partial charge in [0, 0.05) is 13.3 Å². The van der Waals surface area contributed by atoms with E-state index in [1.807, 2.05) is 0 Å². The maximum absolute atomic E-state index is 12.7. The summed E-state index contributed by atoms with van der Waals surface area (Å²) in [6.45, 7) is -1.90. The maximum atomic E-state index is 12.7.